The van der Waals surface area contributed by atoms with Gasteiger partial charge in [-0.05, 0) is 31.7 Å². The fraction of sp³-hybridized carbons (Fsp3) is 1.00. The van der Waals surface area contributed by atoms with Crippen LogP contribution >= 0.6 is 0 Å². The Morgan fingerprint density at radius 3 is 2.42 bits per heavy atom. The molecule has 0 saturated heterocycles. The Labute approximate surface area is 118 Å². The van der Waals surface area contributed by atoms with Gasteiger partial charge in [0.15, 0.2) is 0 Å². The van der Waals surface area contributed by atoms with E-state index in [1.54, 1.807) is 7.11 Å². The smallest absolute Gasteiger partial charge is 0.0629 e. The van der Waals surface area contributed by atoms with Gasteiger partial charge in [-0.3, -0.25) is 4.90 Å². The number of nitrogens with zero attached hydrogens (tertiary/aromatic N) is 1. The van der Waals surface area contributed by atoms with Crippen molar-refractivity contribution >= 4 is 0 Å². The lowest BCUT2D eigenvalue weighted by molar-refractivity contribution is 0.0414. The van der Waals surface area contributed by atoms with Gasteiger partial charge in [-0.2, -0.15) is 0 Å². The van der Waals surface area contributed by atoms with Gasteiger partial charge in [-0.15, -0.1) is 0 Å². The van der Waals surface area contributed by atoms with Gasteiger partial charge in [-0.25, -0.2) is 0 Å². The van der Waals surface area contributed by atoms with E-state index in [-0.39, 0.29) is 18.7 Å². The van der Waals surface area contributed by atoms with Gasteiger partial charge in [-0.1, -0.05) is 26.7 Å². The molecule has 0 aromatic heterocycles. The average molecular weight is 272 g/mol. The third-order valence-corrected chi connectivity index (χ3v) is 4.22. The standard InChI is InChI=1S/C15H32N2O2/c1-12(2)8-9-17(13-6-4-5-7-13)15(10-18)14(16)11-19-3/h12-15,18H,4-11,16H2,1-3H3. The molecule has 1 saturated carbocycles. The first kappa shape index (κ1) is 16.9. The molecule has 0 aliphatic heterocycles. The molecule has 0 spiro atoms. The molecule has 1 aliphatic rings. The van der Waals surface area contributed by atoms with Crippen LogP contribution in [0.1, 0.15) is 46.0 Å². The van der Waals surface area contributed by atoms with Gasteiger partial charge in [0.25, 0.3) is 0 Å². The molecule has 2 unspecified atom stereocenters. The highest BCUT2D eigenvalue weighted by Gasteiger charge is 2.31. The van der Waals surface area contributed by atoms with Crippen LogP contribution in [0.5, 0.6) is 0 Å². The number of nitrogens with two attached hydrogens (primary N) is 1. The quantitative estimate of drug-likeness (QED) is 0.669. The van der Waals surface area contributed by atoms with Crippen molar-refractivity contribution in [3.63, 3.8) is 0 Å². The fourth-order valence-corrected chi connectivity index (χ4v) is 3.05. The molecule has 0 aromatic carbocycles. The van der Waals surface area contributed by atoms with Crippen LogP contribution in [0.15, 0.2) is 0 Å². The lowest BCUT2D eigenvalue weighted by atomic mass is 10.0. The maximum atomic E-state index is 9.74. The zero-order chi connectivity index (χ0) is 14.3. The monoisotopic (exact) mass is 272 g/mol. The minimum atomic E-state index is -0.109. The summed E-state index contributed by atoms with van der Waals surface area (Å²) in [6.07, 6.45) is 6.26. The Morgan fingerprint density at radius 1 is 1.32 bits per heavy atom. The number of aliphatic hydroxyl groups excluding tert-OH is 1. The Morgan fingerprint density at radius 2 is 1.95 bits per heavy atom. The van der Waals surface area contributed by atoms with E-state index >= 15 is 0 Å². The minimum Gasteiger partial charge on any atom is -0.395 e. The van der Waals surface area contributed by atoms with E-state index < -0.39 is 0 Å². The Bertz CT molecular complexity index is 230. The highest BCUT2D eigenvalue weighted by molar-refractivity contribution is 4.88. The summed E-state index contributed by atoms with van der Waals surface area (Å²) < 4.78 is 5.16. The topological polar surface area (TPSA) is 58.7 Å². The molecule has 0 radical (unpaired) electrons. The summed E-state index contributed by atoms with van der Waals surface area (Å²) in [7, 11) is 1.67. The largest absolute Gasteiger partial charge is 0.395 e. The summed E-state index contributed by atoms with van der Waals surface area (Å²) in [5.41, 5.74) is 6.19. The molecule has 2 atom stereocenters. The SMILES string of the molecule is COCC(N)C(CO)N(CCC(C)C)C1CCCC1. The molecule has 1 aliphatic carbocycles. The lowest BCUT2D eigenvalue weighted by Crippen LogP contribution is -2.55. The van der Waals surface area contributed by atoms with E-state index in [0.717, 1.165) is 13.0 Å². The van der Waals surface area contributed by atoms with E-state index in [2.05, 4.69) is 18.7 Å². The Kier molecular flexibility index (Phi) is 7.91. The molecule has 3 N–H and O–H groups in total. The van der Waals surface area contributed by atoms with Gasteiger partial charge in [0.2, 0.25) is 0 Å². The van der Waals surface area contributed by atoms with Crippen molar-refractivity contribution in [3.8, 4) is 0 Å². The molecule has 0 bridgehead atoms. The number of methoxy groups -OCH3 is 1. The lowest BCUT2D eigenvalue weighted by Gasteiger charge is -2.38. The molecular weight excluding hydrogens is 240 g/mol. The van der Waals surface area contributed by atoms with E-state index in [0.29, 0.717) is 18.6 Å². The second kappa shape index (κ2) is 8.90. The molecule has 1 rings (SSSR count). The van der Waals surface area contributed by atoms with Crippen molar-refractivity contribution in [2.75, 3.05) is 26.9 Å². The van der Waals surface area contributed by atoms with Crippen molar-refractivity contribution in [2.45, 2.75) is 64.1 Å². The maximum absolute atomic E-state index is 9.74. The van der Waals surface area contributed by atoms with Crippen LogP contribution in [-0.2, 0) is 4.74 Å². The van der Waals surface area contributed by atoms with Crippen molar-refractivity contribution in [1.82, 2.24) is 4.90 Å². The molecule has 0 aromatic rings. The van der Waals surface area contributed by atoms with Crippen LogP contribution in [-0.4, -0.2) is 55.0 Å². The molecule has 4 heteroatoms. The van der Waals surface area contributed by atoms with Crippen molar-refractivity contribution in [3.05, 3.63) is 0 Å². The Balaban J connectivity index is 2.67. The van der Waals surface area contributed by atoms with Crippen molar-refractivity contribution in [1.29, 1.82) is 0 Å². The van der Waals surface area contributed by atoms with Crippen LogP contribution in [0.2, 0.25) is 0 Å². The third kappa shape index (κ3) is 5.38. The second-order valence-corrected chi connectivity index (χ2v) is 6.23. The van der Waals surface area contributed by atoms with E-state index in [4.69, 9.17) is 10.5 Å². The molecule has 0 heterocycles. The number of aliphatic hydroxyl groups is 1. The number of rotatable bonds is 9. The van der Waals surface area contributed by atoms with Crippen LogP contribution in [0.3, 0.4) is 0 Å². The van der Waals surface area contributed by atoms with Gasteiger partial charge >= 0.3 is 0 Å². The number of hydrogen-bond donors (Lipinski definition) is 2. The van der Waals surface area contributed by atoms with Gasteiger partial charge in [0.05, 0.1) is 19.3 Å². The highest BCUT2D eigenvalue weighted by atomic mass is 16.5. The van der Waals surface area contributed by atoms with Crippen LogP contribution < -0.4 is 5.73 Å². The summed E-state index contributed by atoms with van der Waals surface area (Å²) in [6.45, 7) is 6.16. The van der Waals surface area contributed by atoms with Crippen LogP contribution in [0, 0.1) is 5.92 Å². The summed E-state index contributed by atoms with van der Waals surface area (Å²) in [5.74, 6) is 0.682. The van der Waals surface area contributed by atoms with Gasteiger partial charge in [0, 0.05) is 19.2 Å². The van der Waals surface area contributed by atoms with Gasteiger partial charge < -0.3 is 15.6 Å². The molecule has 1 fully saturated rings. The zero-order valence-electron chi connectivity index (χ0n) is 12.8. The predicted octanol–water partition coefficient (Wildman–Crippen LogP) is 1.61. The van der Waals surface area contributed by atoms with Gasteiger partial charge in [0.1, 0.15) is 0 Å². The number of hydrogen-bond acceptors (Lipinski definition) is 4. The van der Waals surface area contributed by atoms with E-state index in [1.807, 2.05) is 0 Å². The minimum absolute atomic E-state index is 0.0294. The summed E-state index contributed by atoms with van der Waals surface area (Å²) >= 11 is 0. The first-order valence-electron chi connectivity index (χ1n) is 7.71. The maximum Gasteiger partial charge on any atom is 0.0629 e. The molecule has 0 amide bonds. The molecular formula is C15H32N2O2. The number of ether oxygens (including phenoxy) is 1. The first-order chi connectivity index (χ1) is 9.10. The summed E-state index contributed by atoms with van der Waals surface area (Å²) in [6, 6.07) is 0.517. The van der Waals surface area contributed by atoms with E-state index in [1.165, 1.54) is 25.7 Å². The first-order valence-corrected chi connectivity index (χ1v) is 7.71. The molecule has 4 nitrogen and oxygen atoms in total. The zero-order valence-corrected chi connectivity index (χ0v) is 12.8. The van der Waals surface area contributed by atoms with Crippen LogP contribution in [0.25, 0.3) is 0 Å². The predicted molar refractivity (Wildman–Crippen MR) is 79.1 cm³/mol. The van der Waals surface area contributed by atoms with E-state index in [9.17, 15) is 5.11 Å². The summed E-state index contributed by atoms with van der Waals surface area (Å²) in [5, 5.41) is 9.74. The third-order valence-electron chi connectivity index (χ3n) is 4.22. The second-order valence-electron chi connectivity index (χ2n) is 6.23. The van der Waals surface area contributed by atoms with Crippen molar-refractivity contribution < 1.29 is 9.84 Å². The highest BCUT2D eigenvalue weighted by Crippen LogP contribution is 2.26. The fourth-order valence-electron chi connectivity index (χ4n) is 3.05. The normalized spacial score (nSPS) is 20.4. The summed E-state index contributed by atoms with van der Waals surface area (Å²) in [4.78, 5) is 2.46. The van der Waals surface area contributed by atoms with Crippen LogP contribution in [0.4, 0.5) is 0 Å². The van der Waals surface area contributed by atoms with Crippen molar-refractivity contribution in [2.24, 2.45) is 11.7 Å². The average Bonchev–Trinajstić information content (AvgIpc) is 2.87. The Hall–Kier alpha value is -0.160. The molecule has 114 valence electrons. The molecule has 19 heavy (non-hydrogen) atoms.